The lowest BCUT2D eigenvalue weighted by Crippen LogP contribution is -2.52. The molecular formula is C16H24N2O2. The van der Waals surface area contributed by atoms with Crippen molar-refractivity contribution in [3.05, 3.63) is 29.8 Å². The van der Waals surface area contributed by atoms with Gasteiger partial charge >= 0.3 is 0 Å². The fraction of sp³-hybridized carbons (Fsp3) is 0.562. The zero-order chi connectivity index (χ0) is 14.7. The summed E-state index contributed by atoms with van der Waals surface area (Å²) in [5, 5.41) is 0. The van der Waals surface area contributed by atoms with Crippen LogP contribution < -0.4 is 4.74 Å². The quantitative estimate of drug-likeness (QED) is 0.849. The molecule has 0 aliphatic carbocycles. The third-order valence-corrected chi connectivity index (χ3v) is 4.03. The Morgan fingerprint density at radius 3 is 2.60 bits per heavy atom. The summed E-state index contributed by atoms with van der Waals surface area (Å²) in [4.78, 5) is 16.1. The molecule has 0 aromatic heterocycles. The number of carbonyl (C=O) groups is 1. The van der Waals surface area contributed by atoms with Crippen molar-refractivity contribution >= 4 is 5.91 Å². The zero-order valence-electron chi connectivity index (χ0n) is 12.8. The van der Waals surface area contributed by atoms with Gasteiger partial charge in [-0.1, -0.05) is 18.2 Å². The third kappa shape index (κ3) is 2.96. The number of amides is 1. The Balaban J connectivity index is 2.33. The minimum atomic E-state index is 0.147. The first-order valence-electron chi connectivity index (χ1n) is 7.18. The molecule has 1 atom stereocenters. The molecule has 4 nitrogen and oxygen atoms in total. The van der Waals surface area contributed by atoms with Gasteiger partial charge in [-0.2, -0.15) is 0 Å². The minimum absolute atomic E-state index is 0.147. The number of carbonyl (C=O) groups excluding carboxylic acids is 1. The lowest BCUT2D eigenvalue weighted by molar-refractivity contribution is -0.132. The second-order valence-electron chi connectivity index (χ2n) is 5.55. The average Bonchev–Trinajstić information content (AvgIpc) is 2.46. The summed E-state index contributed by atoms with van der Waals surface area (Å²) >= 11 is 0. The van der Waals surface area contributed by atoms with Crippen LogP contribution in [0.25, 0.3) is 0 Å². The van der Waals surface area contributed by atoms with Crippen LogP contribution in [0.2, 0.25) is 0 Å². The standard InChI is InChI=1S/C16H24N2O2/c1-12(2)18-10-9-17(13(3)19)11-15(18)14-7-5-6-8-16(14)20-4/h5-8,12,15H,9-11H2,1-4H3/t15-/m1/s1. The molecule has 0 radical (unpaired) electrons. The normalized spacial score (nSPS) is 20.2. The van der Waals surface area contributed by atoms with E-state index in [9.17, 15) is 4.79 Å². The summed E-state index contributed by atoms with van der Waals surface area (Å²) < 4.78 is 5.49. The molecule has 0 saturated carbocycles. The SMILES string of the molecule is COc1ccccc1[C@H]1CN(C(C)=O)CCN1C(C)C. The number of methoxy groups -OCH3 is 1. The summed E-state index contributed by atoms with van der Waals surface area (Å²) in [6, 6.07) is 8.74. The monoisotopic (exact) mass is 276 g/mol. The summed E-state index contributed by atoms with van der Waals surface area (Å²) in [6.45, 7) is 8.48. The number of benzene rings is 1. The second kappa shape index (κ2) is 6.27. The summed E-state index contributed by atoms with van der Waals surface area (Å²) in [6.07, 6.45) is 0. The van der Waals surface area contributed by atoms with Crippen LogP contribution in [0.4, 0.5) is 0 Å². The van der Waals surface area contributed by atoms with E-state index in [4.69, 9.17) is 4.74 Å². The van der Waals surface area contributed by atoms with Crippen molar-refractivity contribution in [3.8, 4) is 5.75 Å². The van der Waals surface area contributed by atoms with E-state index in [1.165, 1.54) is 0 Å². The highest BCUT2D eigenvalue weighted by atomic mass is 16.5. The third-order valence-electron chi connectivity index (χ3n) is 4.03. The van der Waals surface area contributed by atoms with Crippen molar-refractivity contribution in [3.63, 3.8) is 0 Å². The summed E-state index contributed by atoms with van der Waals surface area (Å²) in [5.41, 5.74) is 1.16. The molecule has 1 heterocycles. The summed E-state index contributed by atoms with van der Waals surface area (Å²) in [7, 11) is 1.70. The van der Waals surface area contributed by atoms with Crippen molar-refractivity contribution in [2.24, 2.45) is 0 Å². The van der Waals surface area contributed by atoms with Crippen LogP contribution in [-0.4, -0.2) is 48.5 Å². The second-order valence-corrected chi connectivity index (χ2v) is 5.55. The molecule has 0 bridgehead atoms. The van der Waals surface area contributed by atoms with Gasteiger partial charge in [0.25, 0.3) is 0 Å². The number of hydrogen-bond acceptors (Lipinski definition) is 3. The van der Waals surface area contributed by atoms with E-state index in [2.05, 4.69) is 24.8 Å². The summed E-state index contributed by atoms with van der Waals surface area (Å²) in [5.74, 6) is 1.04. The van der Waals surface area contributed by atoms with Gasteiger partial charge in [0.1, 0.15) is 5.75 Å². The highest BCUT2D eigenvalue weighted by Crippen LogP contribution is 2.33. The van der Waals surface area contributed by atoms with Crippen LogP contribution in [0.15, 0.2) is 24.3 Å². The Morgan fingerprint density at radius 2 is 2.00 bits per heavy atom. The van der Waals surface area contributed by atoms with Crippen molar-refractivity contribution in [1.29, 1.82) is 0 Å². The van der Waals surface area contributed by atoms with E-state index in [1.54, 1.807) is 14.0 Å². The highest BCUT2D eigenvalue weighted by Gasteiger charge is 2.32. The molecule has 1 amide bonds. The molecular weight excluding hydrogens is 252 g/mol. The van der Waals surface area contributed by atoms with Crippen LogP contribution in [-0.2, 0) is 4.79 Å². The predicted octanol–water partition coefficient (Wildman–Crippen LogP) is 2.31. The topological polar surface area (TPSA) is 32.8 Å². The molecule has 0 N–H and O–H groups in total. The van der Waals surface area contributed by atoms with Gasteiger partial charge in [0.2, 0.25) is 5.91 Å². The molecule has 1 aromatic carbocycles. The Kier molecular flexibility index (Phi) is 4.65. The molecule has 2 rings (SSSR count). The van der Waals surface area contributed by atoms with E-state index in [0.717, 1.165) is 30.9 Å². The van der Waals surface area contributed by atoms with Crippen LogP contribution in [0.1, 0.15) is 32.4 Å². The molecule has 0 spiro atoms. The zero-order valence-corrected chi connectivity index (χ0v) is 12.8. The van der Waals surface area contributed by atoms with Crippen molar-refractivity contribution in [2.75, 3.05) is 26.7 Å². The lowest BCUT2D eigenvalue weighted by Gasteiger charge is -2.43. The Hall–Kier alpha value is -1.55. The number of rotatable bonds is 3. The van der Waals surface area contributed by atoms with E-state index in [-0.39, 0.29) is 11.9 Å². The predicted molar refractivity (Wildman–Crippen MR) is 79.8 cm³/mol. The maximum atomic E-state index is 11.7. The Bertz CT molecular complexity index is 473. The molecule has 1 saturated heterocycles. The van der Waals surface area contributed by atoms with E-state index in [0.29, 0.717) is 6.04 Å². The highest BCUT2D eigenvalue weighted by molar-refractivity contribution is 5.73. The molecule has 110 valence electrons. The first kappa shape index (κ1) is 14.9. The largest absolute Gasteiger partial charge is 0.496 e. The first-order valence-corrected chi connectivity index (χ1v) is 7.18. The van der Waals surface area contributed by atoms with Crippen molar-refractivity contribution in [2.45, 2.75) is 32.9 Å². The number of ether oxygens (including phenoxy) is 1. The molecule has 4 heteroatoms. The molecule has 1 fully saturated rings. The fourth-order valence-electron chi connectivity index (χ4n) is 2.92. The molecule has 1 aliphatic heterocycles. The maximum Gasteiger partial charge on any atom is 0.219 e. The average molecular weight is 276 g/mol. The van der Waals surface area contributed by atoms with Crippen LogP contribution in [0.5, 0.6) is 5.75 Å². The maximum absolute atomic E-state index is 11.7. The number of hydrogen-bond donors (Lipinski definition) is 0. The minimum Gasteiger partial charge on any atom is -0.496 e. The molecule has 1 aliphatic rings. The van der Waals surface area contributed by atoms with E-state index < -0.39 is 0 Å². The van der Waals surface area contributed by atoms with E-state index in [1.807, 2.05) is 23.1 Å². The van der Waals surface area contributed by atoms with Gasteiger partial charge in [-0.05, 0) is 19.9 Å². The smallest absolute Gasteiger partial charge is 0.219 e. The fourth-order valence-corrected chi connectivity index (χ4v) is 2.92. The van der Waals surface area contributed by atoms with Gasteiger partial charge in [-0.3, -0.25) is 9.69 Å². The molecule has 0 unspecified atom stereocenters. The van der Waals surface area contributed by atoms with Crippen molar-refractivity contribution < 1.29 is 9.53 Å². The van der Waals surface area contributed by atoms with Gasteiger partial charge in [0.05, 0.1) is 13.2 Å². The van der Waals surface area contributed by atoms with Gasteiger partial charge in [-0.25, -0.2) is 0 Å². The molecule has 20 heavy (non-hydrogen) atoms. The van der Waals surface area contributed by atoms with Gasteiger partial charge in [-0.15, -0.1) is 0 Å². The van der Waals surface area contributed by atoms with Crippen molar-refractivity contribution in [1.82, 2.24) is 9.80 Å². The van der Waals surface area contributed by atoms with Crippen LogP contribution in [0, 0.1) is 0 Å². The van der Waals surface area contributed by atoms with Gasteiger partial charge < -0.3 is 9.64 Å². The van der Waals surface area contributed by atoms with Crippen LogP contribution >= 0.6 is 0 Å². The van der Waals surface area contributed by atoms with Crippen LogP contribution in [0.3, 0.4) is 0 Å². The van der Waals surface area contributed by atoms with Gasteiger partial charge in [0.15, 0.2) is 0 Å². The number of para-hydroxylation sites is 1. The Labute approximate surface area is 121 Å². The first-order chi connectivity index (χ1) is 9.54. The van der Waals surface area contributed by atoms with Gasteiger partial charge in [0, 0.05) is 38.2 Å². The number of nitrogens with zero attached hydrogens (tertiary/aromatic N) is 2. The van der Waals surface area contributed by atoms with E-state index >= 15 is 0 Å². The Morgan fingerprint density at radius 1 is 1.30 bits per heavy atom. The number of piperazine rings is 1. The molecule has 1 aromatic rings. The lowest BCUT2D eigenvalue weighted by atomic mass is 9.99.